The number of carbonyl (C=O) groups is 2. The van der Waals surface area contributed by atoms with Crippen molar-refractivity contribution in [2.45, 2.75) is 13.5 Å². The first-order chi connectivity index (χ1) is 14.2. The van der Waals surface area contributed by atoms with Crippen molar-refractivity contribution in [2.75, 3.05) is 13.2 Å². The van der Waals surface area contributed by atoms with Crippen LogP contribution in [-0.4, -0.2) is 29.9 Å². The molecule has 3 aromatic rings. The molecule has 0 unspecified atom stereocenters. The van der Waals surface area contributed by atoms with Gasteiger partial charge in [0, 0.05) is 29.8 Å². The van der Waals surface area contributed by atoms with Crippen LogP contribution in [0, 0.1) is 0 Å². The Balaban J connectivity index is 1.47. The number of nitrogens with zero attached hydrogens (tertiary/aromatic N) is 1. The van der Waals surface area contributed by atoms with E-state index in [1.807, 2.05) is 42.6 Å². The first-order valence-electron chi connectivity index (χ1n) is 9.07. The number of carbonyl (C=O) groups excluding carboxylic acids is 2. The minimum atomic E-state index is -0.278. The van der Waals surface area contributed by atoms with Gasteiger partial charge in [-0.05, 0) is 36.1 Å². The minimum Gasteiger partial charge on any atom is -0.490 e. The van der Waals surface area contributed by atoms with Gasteiger partial charge in [-0.1, -0.05) is 18.2 Å². The fourth-order valence-corrected chi connectivity index (χ4v) is 3.05. The van der Waals surface area contributed by atoms with Crippen LogP contribution >= 0.6 is 11.3 Å². The van der Waals surface area contributed by atoms with E-state index in [9.17, 15) is 9.59 Å². The Morgan fingerprint density at radius 3 is 2.59 bits per heavy atom. The molecule has 0 fully saturated rings. The number of thiophene rings is 1. The van der Waals surface area contributed by atoms with Gasteiger partial charge in [-0.2, -0.15) is 11.3 Å². The molecule has 29 heavy (non-hydrogen) atoms. The average Bonchev–Trinajstić information content (AvgIpc) is 3.28. The number of ether oxygens (including phenoxy) is 2. The van der Waals surface area contributed by atoms with Crippen LogP contribution in [-0.2, 0) is 11.3 Å². The lowest BCUT2D eigenvalue weighted by Crippen LogP contribution is -2.36. The summed E-state index contributed by atoms with van der Waals surface area (Å²) in [7, 11) is 0. The third-order valence-corrected chi connectivity index (χ3v) is 4.53. The Hall–Kier alpha value is -3.39. The number of amides is 2. The highest BCUT2D eigenvalue weighted by Crippen LogP contribution is 2.30. The predicted molar refractivity (Wildman–Crippen MR) is 110 cm³/mol. The number of para-hydroxylation sites is 2. The Kier molecular flexibility index (Phi) is 7.18. The fraction of sp³-hybridized carbons (Fsp3) is 0.190. The summed E-state index contributed by atoms with van der Waals surface area (Å²) in [6, 6.07) is 12.6. The van der Waals surface area contributed by atoms with Crippen LogP contribution in [0.2, 0.25) is 0 Å². The van der Waals surface area contributed by atoms with E-state index in [0.717, 1.165) is 5.56 Å². The smallest absolute Gasteiger partial charge is 0.252 e. The molecular formula is C21H21N3O4S. The van der Waals surface area contributed by atoms with Crippen LogP contribution in [0.4, 0.5) is 0 Å². The summed E-state index contributed by atoms with van der Waals surface area (Å²) in [4.78, 5) is 28.0. The molecular weight excluding hydrogens is 390 g/mol. The largest absolute Gasteiger partial charge is 0.490 e. The van der Waals surface area contributed by atoms with Crippen LogP contribution in [0.1, 0.15) is 22.8 Å². The number of benzene rings is 1. The molecule has 1 aromatic carbocycles. The minimum absolute atomic E-state index is 0.0858. The third-order valence-electron chi connectivity index (χ3n) is 3.84. The summed E-state index contributed by atoms with van der Waals surface area (Å²) in [5, 5.41) is 8.87. The molecule has 0 radical (unpaired) electrons. The van der Waals surface area contributed by atoms with E-state index in [1.165, 1.54) is 11.3 Å². The highest BCUT2D eigenvalue weighted by atomic mass is 32.1. The van der Waals surface area contributed by atoms with Gasteiger partial charge in [0.2, 0.25) is 11.8 Å². The van der Waals surface area contributed by atoms with Crippen molar-refractivity contribution < 1.29 is 19.1 Å². The Bertz CT molecular complexity index is 943. The van der Waals surface area contributed by atoms with Crippen molar-refractivity contribution in [3.8, 4) is 17.4 Å². The van der Waals surface area contributed by atoms with Gasteiger partial charge in [-0.3, -0.25) is 9.59 Å². The lowest BCUT2D eigenvalue weighted by Gasteiger charge is -2.11. The van der Waals surface area contributed by atoms with Gasteiger partial charge in [0.25, 0.3) is 5.91 Å². The predicted octanol–water partition coefficient (Wildman–Crippen LogP) is 3.38. The molecule has 2 amide bonds. The van der Waals surface area contributed by atoms with Crippen molar-refractivity contribution in [2.24, 2.45) is 0 Å². The number of nitrogens with one attached hydrogen (secondary N) is 2. The Labute approximate surface area is 172 Å². The summed E-state index contributed by atoms with van der Waals surface area (Å²) in [6.07, 6.45) is 1.63. The molecule has 0 saturated heterocycles. The molecule has 2 N–H and O–H groups in total. The maximum Gasteiger partial charge on any atom is 0.252 e. The molecule has 0 aliphatic heterocycles. The van der Waals surface area contributed by atoms with Crippen LogP contribution in [0.15, 0.2) is 59.4 Å². The lowest BCUT2D eigenvalue weighted by atomic mass is 10.3. The number of aromatic nitrogens is 1. The van der Waals surface area contributed by atoms with Crippen molar-refractivity contribution in [3.63, 3.8) is 0 Å². The zero-order chi connectivity index (χ0) is 20.5. The molecule has 150 valence electrons. The molecule has 0 bridgehead atoms. The first-order valence-corrected chi connectivity index (χ1v) is 10.0. The third kappa shape index (κ3) is 6.05. The standard InChI is InChI=1S/C21H21N3O4S/c1-2-27-17-5-3-4-6-18(17)28-20-8-7-15(12-23-20)11-22-19(25)13-24-21(26)16-9-10-29-14-16/h3-10,12,14H,2,11,13H2,1H3,(H,22,25)(H,24,26). The van der Waals surface area contributed by atoms with E-state index in [-0.39, 0.29) is 18.4 Å². The lowest BCUT2D eigenvalue weighted by molar-refractivity contribution is -0.120. The van der Waals surface area contributed by atoms with Gasteiger partial charge >= 0.3 is 0 Å². The normalized spacial score (nSPS) is 10.2. The molecule has 0 aliphatic carbocycles. The maximum absolute atomic E-state index is 11.9. The monoisotopic (exact) mass is 411 g/mol. The van der Waals surface area contributed by atoms with Crippen LogP contribution in [0.3, 0.4) is 0 Å². The quantitative estimate of drug-likeness (QED) is 0.563. The summed E-state index contributed by atoms with van der Waals surface area (Å²) < 4.78 is 11.3. The van der Waals surface area contributed by atoms with E-state index in [2.05, 4.69) is 15.6 Å². The van der Waals surface area contributed by atoms with Gasteiger partial charge in [0.1, 0.15) is 0 Å². The Morgan fingerprint density at radius 2 is 1.90 bits per heavy atom. The molecule has 7 nitrogen and oxygen atoms in total. The van der Waals surface area contributed by atoms with Crippen molar-refractivity contribution in [1.82, 2.24) is 15.6 Å². The number of pyridine rings is 1. The first kappa shape index (κ1) is 20.3. The zero-order valence-corrected chi connectivity index (χ0v) is 16.7. The molecule has 3 rings (SSSR count). The molecule has 0 aliphatic rings. The van der Waals surface area contributed by atoms with Crippen LogP contribution in [0.25, 0.3) is 0 Å². The zero-order valence-electron chi connectivity index (χ0n) is 15.9. The highest BCUT2D eigenvalue weighted by molar-refractivity contribution is 7.08. The summed E-state index contributed by atoms with van der Waals surface area (Å²) in [5.74, 6) is 1.12. The van der Waals surface area contributed by atoms with E-state index in [0.29, 0.717) is 36.1 Å². The maximum atomic E-state index is 11.9. The number of rotatable bonds is 9. The second-order valence-corrected chi connectivity index (χ2v) is 6.74. The summed E-state index contributed by atoms with van der Waals surface area (Å²) in [6.45, 7) is 2.67. The van der Waals surface area contributed by atoms with Gasteiger partial charge < -0.3 is 20.1 Å². The molecule has 0 atom stereocenters. The molecule has 2 heterocycles. The highest BCUT2D eigenvalue weighted by Gasteiger charge is 2.09. The van der Waals surface area contributed by atoms with E-state index >= 15 is 0 Å². The summed E-state index contributed by atoms with van der Waals surface area (Å²) in [5.41, 5.74) is 1.36. The number of hydrogen-bond acceptors (Lipinski definition) is 6. The van der Waals surface area contributed by atoms with E-state index < -0.39 is 0 Å². The fourth-order valence-electron chi connectivity index (χ4n) is 2.42. The molecule has 0 saturated carbocycles. The van der Waals surface area contributed by atoms with Gasteiger partial charge in [0.05, 0.1) is 13.2 Å². The van der Waals surface area contributed by atoms with E-state index in [4.69, 9.17) is 9.47 Å². The van der Waals surface area contributed by atoms with Gasteiger partial charge in [0.15, 0.2) is 11.5 Å². The van der Waals surface area contributed by atoms with Crippen molar-refractivity contribution in [3.05, 3.63) is 70.5 Å². The summed E-state index contributed by atoms with van der Waals surface area (Å²) >= 11 is 1.43. The van der Waals surface area contributed by atoms with Crippen molar-refractivity contribution in [1.29, 1.82) is 0 Å². The molecule has 8 heteroatoms. The van der Waals surface area contributed by atoms with Crippen LogP contribution in [0.5, 0.6) is 17.4 Å². The second kappa shape index (κ2) is 10.2. The van der Waals surface area contributed by atoms with Gasteiger partial charge in [-0.25, -0.2) is 4.98 Å². The number of hydrogen-bond donors (Lipinski definition) is 2. The topological polar surface area (TPSA) is 89.5 Å². The molecule has 2 aromatic heterocycles. The van der Waals surface area contributed by atoms with E-state index in [1.54, 1.807) is 23.7 Å². The van der Waals surface area contributed by atoms with Crippen molar-refractivity contribution >= 4 is 23.2 Å². The SMILES string of the molecule is CCOc1ccccc1Oc1ccc(CNC(=O)CNC(=O)c2ccsc2)cn1. The average molecular weight is 411 g/mol. The molecule has 0 spiro atoms. The van der Waals surface area contributed by atoms with Gasteiger partial charge in [-0.15, -0.1) is 0 Å². The Morgan fingerprint density at radius 1 is 1.07 bits per heavy atom. The van der Waals surface area contributed by atoms with Crippen LogP contribution < -0.4 is 20.1 Å². The second-order valence-electron chi connectivity index (χ2n) is 5.96.